The van der Waals surface area contributed by atoms with Crippen LogP contribution in [0.5, 0.6) is 0 Å². The molecule has 0 spiro atoms. The molecule has 2 aromatic carbocycles. The molecule has 3 rings (SSSR count). The largest absolute Gasteiger partial charge is 0.351 e. The Morgan fingerprint density at radius 3 is 2.43 bits per heavy atom. The van der Waals surface area contributed by atoms with E-state index < -0.39 is 0 Å². The van der Waals surface area contributed by atoms with Crippen LogP contribution in [0.2, 0.25) is 0 Å². The number of aromatic nitrogens is 2. The molecule has 0 aliphatic rings. The zero-order valence-electron chi connectivity index (χ0n) is 18.7. The molecule has 0 aliphatic carbocycles. The highest BCUT2D eigenvalue weighted by atomic mass is 15.2. The highest BCUT2D eigenvalue weighted by Crippen LogP contribution is 2.29. The molecule has 0 saturated carbocycles. The fourth-order valence-corrected chi connectivity index (χ4v) is 3.29. The van der Waals surface area contributed by atoms with Gasteiger partial charge in [-0.3, -0.25) is 0 Å². The lowest BCUT2D eigenvalue weighted by Gasteiger charge is -2.21. The normalized spacial score (nSPS) is 11.4. The van der Waals surface area contributed by atoms with Gasteiger partial charge in [0.05, 0.1) is 5.52 Å². The van der Waals surface area contributed by atoms with Crippen molar-refractivity contribution in [3.8, 4) is 0 Å². The average Bonchev–Trinajstić information content (AvgIpc) is 2.73. The number of fused-ring (bicyclic) bond motifs is 1. The third-order valence-electron chi connectivity index (χ3n) is 5.12. The maximum Gasteiger partial charge on any atom is 0.225 e. The maximum atomic E-state index is 4.85. The summed E-state index contributed by atoms with van der Waals surface area (Å²) in [5.74, 6) is 1.55. The van der Waals surface area contributed by atoms with E-state index in [2.05, 4.69) is 87.4 Å². The minimum atomic E-state index is 0.649. The fourth-order valence-electron chi connectivity index (χ4n) is 3.29. The van der Waals surface area contributed by atoms with Crippen LogP contribution in [0, 0.1) is 6.92 Å². The van der Waals surface area contributed by atoms with Crippen LogP contribution in [0.4, 0.5) is 17.5 Å². The van der Waals surface area contributed by atoms with E-state index in [9.17, 15) is 0 Å². The van der Waals surface area contributed by atoms with Crippen LogP contribution >= 0.6 is 0 Å². The number of benzene rings is 2. The van der Waals surface area contributed by atoms with E-state index in [-0.39, 0.29) is 0 Å². The summed E-state index contributed by atoms with van der Waals surface area (Å²) in [4.78, 5) is 11.7. The molecule has 0 atom stereocenters. The molecular weight excluding hydrogens is 368 g/mol. The molecule has 0 saturated heterocycles. The number of anilines is 3. The first-order valence-corrected chi connectivity index (χ1v) is 10.5. The summed E-state index contributed by atoms with van der Waals surface area (Å²) in [5.41, 5.74) is 6.03. The van der Waals surface area contributed by atoms with Crippen molar-refractivity contribution in [2.24, 2.45) is 0 Å². The van der Waals surface area contributed by atoms with Crippen LogP contribution < -0.4 is 10.2 Å². The number of rotatable bonds is 8. The predicted molar refractivity (Wildman–Crippen MR) is 130 cm³/mol. The number of nitrogens with zero attached hydrogens (tertiary/aromatic N) is 3. The van der Waals surface area contributed by atoms with Gasteiger partial charge in [-0.05, 0) is 64.8 Å². The number of para-hydroxylation sites is 1. The molecule has 4 nitrogen and oxygen atoms in total. The van der Waals surface area contributed by atoms with Crippen LogP contribution in [-0.4, -0.2) is 23.6 Å². The van der Waals surface area contributed by atoms with Gasteiger partial charge >= 0.3 is 0 Å². The van der Waals surface area contributed by atoms with Gasteiger partial charge in [0.1, 0.15) is 5.82 Å². The third-order valence-corrected chi connectivity index (χ3v) is 5.12. The minimum Gasteiger partial charge on any atom is -0.351 e. The molecule has 1 aromatic heterocycles. The zero-order valence-corrected chi connectivity index (χ0v) is 18.7. The van der Waals surface area contributed by atoms with Gasteiger partial charge in [-0.25, -0.2) is 4.98 Å². The molecule has 0 bridgehead atoms. The molecule has 1 N–H and O–H groups in total. The quantitative estimate of drug-likeness (QED) is 0.422. The molecule has 0 fully saturated rings. The fraction of sp³-hybridized carbons (Fsp3) is 0.308. The molecule has 0 amide bonds. The van der Waals surface area contributed by atoms with Crippen LogP contribution in [0.15, 0.2) is 71.8 Å². The van der Waals surface area contributed by atoms with Crippen molar-refractivity contribution in [3.05, 3.63) is 77.4 Å². The van der Waals surface area contributed by atoms with E-state index in [0.29, 0.717) is 12.5 Å². The van der Waals surface area contributed by atoms with Crippen molar-refractivity contribution in [1.29, 1.82) is 0 Å². The van der Waals surface area contributed by atoms with Gasteiger partial charge in [-0.1, -0.05) is 53.1 Å². The Bertz CT molecular complexity index is 1040. The highest BCUT2D eigenvalue weighted by molar-refractivity contribution is 5.92. The van der Waals surface area contributed by atoms with Crippen molar-refractivity contribution in [2.75, 3.05) is 23.8 Å². The van der Waals surface area contributed by atoms with E-state index in [1.807, 2.05) is 18.2 Å². The lowest BCUT2D eigenvalue weighted by molar-refractivity contribution is 0.958. The monoisotopic (exact) mass is 400 g/mol. The Morgan fingerprint density at radius 1 is 0.967 bits per heavy atom. The summed E-state index contributed by atoms with van der Waals surface area (Å²) < 4.78 is 0. The van der Waals surface area contributed by atoms with E-state index in [4.69, 9.17) is 9.97 Å². The number of nitrogens with one attached hydrogen (secondary N) is 1. The number of allylic oxidation sites excluding steroid dienone is 3. The van der Waals surface area contributed by atoms with Crippen molar-refractivity contribution in [1.82, 2.24) is 9.97 Å². The Balaban J connectivity index is 1.81. The molecule has 0 unspecified atom stereocenters. The molecule has 156 valence electrons. The van der Waals surface area contributed by atoms with Crippen LogP contribution in [0.3, 0.4) is 0 Å². The van der Waals surface area contributed by atoms with Crippen LogP contribution in [-0.2, 0) is 0 Å². The summed E-state index contributed by atoms with van der Waals surface area (Å²) in [6.07, 6.45) is 6.67. The average molecular weight is 401 g/mol. The topological polar surface area (TPSA) is 41.1 Å². The van der Waals surface area contributed by atoms with Gasteiger partial charge in [0, 0.05) is 24.7 Å². The van der Waals surface area contributed by atoms with Crippen molar-refractivity contribution in [2.45, 2.75) is 40.5 Å². The van der Waals surface area contributed by atoms with Crippen molar-refractivity contribution < 1.29 is 0 Å². The van der Waals surface area contributed by atoms with Crippen molar-refractivity contribution in [3.63, 3.8) is 0 Å². The molecule has 30 heavy (non-hydrogen) atoms. The number of aryl methyl sites for hydroxylation is 1. The predicted octanol–water partition coefficient (Wildman–Crippen LogP) is 6.81. The van der Waals surface area contributed by atoms with Crippen LogP contribution in [0.25, 0.3) is 10.9 Å². The maximum absolute atomic E-state index is 4.85. The van der Waals surface area contributed by atoms with E-state index in [1.165, 1.54) is 16.7 Å². The molecule has 3 aromatic rings. The van der Waals surface area contributed by atoms with E-state index >= 15 is 0 Å². The van der Waals surface area contributed by atoms with Gasteiger partial charge in [-0.2, -0.15) is 4.98 Å². The van der Waals surface area contributed by atoms with Crippen molar-refractivity contribution >= 4 is 28.4 Å². The second kappa shape index (κ2) is 10.1. The highest BCUT2D eigenvalue weighted by Gasteiger charge is 2.12. The molecule has 4 heteroatoms. The number of hydrogen-bond acceptors (Lipinski definition) is 4. The smallest absolute Gasteiger partial charge is 0.225 e. The Kier molecular flexibility index (Phi) is 7.23. The van der Waals surface area contributed by atoms with E-state index in [1.54, 1.807) is 0 Å². The molecule has 1 heterocycles. The minimum absolute atomic E-state index is 0.649. The van der Waals surface area contributed by atoms with Gasteiger partial charge in [0.2, 0.25) is 5.95 Å². The van der Waals surface area contributed by atoms with Gasteiger partial charge in [-0.15, -0.1) is 0 Å². The van der Waals surface area contributed by atoms with Gasteiger partial charge < -0.3 is 10.2 Å². The standard InChI is InChI=1S/C26H32N4/c1-19(2)9-8-10-20(3)17-18-27-26-28-24-12-7-6-11-23(24)25(29-26)30(5)22-15-13-21(4)14-16-22/h6-7,9,11-17H,8,10,18H2,1-5H3,(H,27,28,29). The second-order valence-electron chi connectivity index (χ2n) is 8.03. The second-order valence-corrected chi connectivity index (χ2v) is 8.03. The molecule has 0 radical (unpaired) electrons. The van der Waals surface area contributed by atoms with Gasteiger partial charge in [0.15, 0.2) is 0 Å². The Labute approximate surface area is 180 Å². The van der Waals surface area contributed by atoms with E-state index in [0.717, 1.165) is 35.2 Å². The summed E-state index contributed by atoms with van der Waals surface area (Å²) in [5, 5.41) is 4.42. The SMILES string of the molecule is CC(C)=CCCC(C)=CCNc1nc(N(C)c2ccc(C)cc2)c2ccccc2n1. The Hall–Kier alpha value is -3.14. The lowest BCUT2D eigenvalue weighted by atomic mass is 10.1. The molecule has 0 aliphatic heterocycles. The number of hydrogen-bond donors (Lipinski definition) is 1. The summed E-state index contributed by atoms with van der Waals surface area (Å²) in [7, 11) is 2.05. The molecular formula is C26H32N4. The summed E-state index contributed by atoms with van der Waals surface area (Å²) in [6, 6.07) is 16.7. The Morgan fingerprint density at radius 2 is 1.70 bits per heavy atom. The van der Waals surface area contributed by atoms with Crippen LogP contribution in [0.1, 0.15) is 39.2 Å². The summed E-state index contributed by atoms with van der Waals surface area (Å²) in [6.45, 7) is 9.28. The first kappa shape index (κ1) is 21.6. The summed E-state index contributed by atoms with van der Waals surface area (Å²) >= 11 is 0. The first-order chi connectivity index (χ1) is 14.4. The first-order valence-electron chi connectivity index (χ1n) is 10.5. The van der Waals surface area contributed by atoms with Gasteiger partial charge in [0.25, 0.3) is 0 Å². The zero-order chi connectivity index (χ0) is 21.5. The lowest BCUT2D eigenvalue weighted by Crippen LogP contribution is -2.14. The third kappa shape index (κ3) is 5.69.